The number of hydrogen-bond donors (Lipinski definition) is 0. The topological polar surface area (TPSA) is 85.9 Å². The fraction of sp³-hybridized carbons (Fsp3) is 0.478. The molecule has 2 aromatic heterocycles. The van der Waals surface area contributed by atoms with Gasteiger partial charge in [-0.3, -0.25) is 9.59 Å². The van der Waals surface area contributed by atoms with E-state index in [1.165, 1.54) is 4.90 Å². The van der Waals surface area contributed by atoms with E-state index < -0.39 is 6.04 Å². The van der Waals surface area contributed by atoms with Crippen LogP contribution in [0.25, 0.3) is 16.6 Å². The minimum Gasteiger partial charge on any atom is -0.464 e. The minimum absolute atomic E-state index is 0.167. The fourth-order valence-corrected chi connectivity index (χ4v) is 4.29. The molecule has 1 saturated heterocycles. The van der Waals surface area contributed by atoms with Crippen LogP contribution < -0.4 is 5.56 Å². The van der Waals surface area contributed by atoms with Crippen molar-refractivity contribution in [1.82, 2.24) is 19.1 Å². The van der Waals surface area contributed by atoms with Crippen molar-refractivity contribution < 1.29 is 14.3 Å². The van der Waals surface area contributed by atoms with Gasteiger partial charge in [-0.1, -0.05) is 26.0 Å². The molecule has 8 heteroatoms. The highest BCUT2D eigenvalue weighted by molar-refractivity contribution is 5.97. The zero-order valence-corrected chi connectivity index (χ0v) is 18.2. The van der Waals surface area contributed by atoms with Gasteiger partial charge < -0.3 is 14.2 Å². The van der Waals surface area contributed by atoms with Gasteiger partial charge in [0.1, 0.15) is 11.6 Å². The first-order chi connectivity index (χ1) is 14.9. The first kappa shape index (κ1) is 21.1. The monoisotopic (exact) mass is 424 g/mol. The number of ether oxygens (including phenoxy) is 1. The van der Waals surface area contributed by atoms with Crippen LogP contribution in [0.2, 0.25) is 0 Å². The molecule has 0 radical (unpaired) electrons. The second kappa shape index (κ2) is 8.53. The third kappa shape index (κ3) is 3.82. The number of hydrogen-bond acceptors (Lipinski definition) is 5. The van der Waals surface area contributed by atoms with Gasteiger partial charge in [0.15, 0.2) is 5.69 Å². The molecule has 1 aliphatic rings. The largest absolute Gasteiger partial charge is 0.464 e. The molecule has 3 heterocycles. The molecule has 1 aliphatic heterocycles. The quantitative estimate of drug-likeness (QED) is 0.588. The summed E-state index contributed by atoms with van der Waals surface area (Å²) in [7, 11) is 0. The number of nitrogens with zero attached hydrogens (tertiary/aromatic N) is 4. The summed E-state index contributed by atoms with van der Waals surface area (Å²) in [6.45, 7) is 7.18. The van der Waals surface area contributed by atoms with Gasteiger partial charge in [0.2, 0.25) is 0 Å². The predicted octanol–water partition coefficient (Wildman–Crippen LogP) is 2.86. The van der Waals surface area contributed by atoms with Crippen LogP contribution in [-0.4, -0.2) is 50.2 Å². The summed E-state index contributed by atoms with van der Waals surface area (Å²) in [6, 6.07) is 8.49. The zero-order valence-electron chi connectivity index (χ0n) is 18.2. The van der Waals surface area contributed by atoms with E-state index in [0.29, 0.717) is 25.0 Å². The standard InChI is InChI=1S/C23H28N4O4/c1-4-31-23(30)19-11-7-8-12-25(19)21(28)16-13-20-22(29)26(14-15(2)3)17-9-5-6-10-18(17)27(20)24-16/h5-6,9-10,13,15,19H,4,7-8,11-12,14H2,1-3H3. The van der Waals surface area contributed by atoms with Crippen molar-refractivity contribution in [1.29, 1.82) is 0 Å². The summed E-state index contributed by atoms with van der Waals surface area (Å²) >= 11 is 0. The molecular weight excluding hydrogens is 396 g/mol. The molecule has 0 saturated carbocycles. The lowest BCUT2D eigenvalue weighted by atomic mass is 10.0. The van der Waals surface area contributed by atoms with Gasteiger partial charge in [-0.05, 0) is 44.2 Å². The summed E-state index contributed by atoms with van der Waals surface area (Å²) < 4.78 is 8.46. The Bertz CT molecular complexity index is 1190. The Labute approximate surface area is 180 Å². The lowest BCUT2D eigenvalue weighted by Crippen LogP contribution is -2.48. The average molecular weight is 425 g/mol. The van der Waals surface area contributed by atoms with E-state index in [1.54, 1.807) is 22.1 Å². The number of carbonyl (C=O) groups is 2. The molecule has 31 heavy (non-hydrogen) atoms. The summed E-state index contributed by atoms with van der Waals surface area (Å²) in [5.74, 6) is -0.448. The van der Waals surface area contributed by atoms with Crippen molar-refractivity contribution in [3.05, 3.63) is 46.4 Å². The minimum atomic E-state index is -0.611. The highest BCUT2D eigenvalue weighted by atomic mass is 16.5. The number of benzene rings is 1. The van der Waals surface area contributed by atoms with Crippen LogP contribution in [0.5, 0.6) is 0 Å². The van der Waals surface area contributed by atoms with Crippen molar-refractivity contribution in [3.8, 4) is 0 Å². The maximum absolute atomic E-state index is 13.3. The van der Waals surface area contributed by atoms with Gasteiger partial charge in [-0.25, -0.2) is 9.31 Å². The fourth-order valence-electron chi connectivity index (χ4n) is 4.29. The number of para-hydroxylation sites is 2. The van der Waals surface area contributed by atoms with Crippen molar-refractivity contribution in [2.75, 3.05) is 13.2 Å². The van der Waals surface area contributed by atoms with Crippen LogP contribution in [0.3, 0.4) is 0 Å². The second-order valence-electron chi connectivity index (χ2n) is 8.39. The van der Waals surface area contributed by atoms with Gasteiger partial charge in [0.05, 0.1) is 17.6 Å². The Morgan fingerprint density at radius 2 is 1.90 bits per heavy atom. The van der Waals surface area contributed by atoms with Crippen LogP contribution in [0.1, 0.15) is 50.5 Å². The number of likely N-dealkylation sites (tertiary alicyclic amines) is 1. The van der Waals surface area contributed by atoms with E-state index in [-0.39, 0.29) is 35.7 Å². The van der Waals surface area contributed by atoms with E-state index in [0.717, 1.165) is 23.9 Å². The molecule has 3 aromatic rings. The van der Waals surface area contributed by atoms with Crippen LogP contribution in [0.4, 0.5) is 0 Å². The Hall–Kier alpha value is -3.16. The summed E-state index contributed by atoms with van der Waals surface area (Å²) in [5.41, 5.74) is 1.88. The maximum Gasteiger partial charge on any atom is 0.328 e. The third-order valence-corrected chi connectivity index (χ3v) is 5.66. The lowest BCUT2D eigenvalue weighted by Gasteiger charge is -2.33. The Morgan fingerprint density at radius 1 is 1.16 bits per heavy atom. The number of amides is 1. The molecule has 1 aromatic carbocycles. The second-order valence-corrected chi connectivity index (χ2v) is 8.39. The molecule has 0 aliphatic carbocycles. The predicted molar refractivity (Wildman–Crippen MR) is 117 cm³/mol. The van der Waals surface area contributed by atoms with E-state index in [9.17, 15) is 14.4 Å². The SMILES string of the molecule is CCOC(=O)C1CCCCN1C(=O)c1cc2c(=O)n(CC(C)C)c3ccccc3n2n1. The Balaban J connectivity index is 1.81. The first-order valence-corrected chi connectivity index (χ1v) is 10.9. The Morgan fingerprint density at radius 3 is 2.61 bits per heavy atom. The molecule has 0 spiro atoms. The number of piperidine rings is 1. The summed E-state index contributed by atoms with van der Waals surface area (Å²) in [6.07, 6.45) is 2.25. The van der Waals surface area contributed by atoms with E-state index in [2.05, 4.69) is 18.9 Å². The number of esters is 1. The zero-order chi connectivity index (χ0) is 22.1. The molecule has 1 atom stereocenters. The van der Waals surface area contributed by atoms with Crippen molar-refractivity contribution >= 4 is 28.4 Å². The van der Waals surface area contributed by atoms with Gasteiger partial charge in [0.25, 0.3) is 11.5 Å². The molecule has 0 bridgehead atoms. The Kier molecular flexibility index (Phi) is 5.80. The smallest absolute Gasteiger partial charge is 0.328 e. The van der Waals surface area contributed by atoms with Crippen LogP contribution in [-0.2, 0) is 16.1 Å². The van der Waals surface area contributed by atoms with Crippen molar-refractivity contribution in [2.45, 2.75) is 52.6 Å². The van der Waals surface area contributed by atoms with Crippen molar-refractivity contribution in [3.63, 3.8) is 0 Å². The molecular formula is C23H28N4O4. The van der Waals surface area contributed by atoms with Crippen LogP contribution >= 0.6 is 0 Å². The molecule has 1 amide bonds. The lowest BCUT2D eigenvalue weighted by molar-refractivity contribution is -0.149. The summed E-state index contributed by atoms with van der Waals surface area (Å²) in [4.78, 5) is 40.5. The van der Waals surface area contributed by atoms with E-state index in [1.807, 2.05) is 24.3 Å². The first-order valence-electron chi connectivity index (χ1n) is 10.9. The maximum atomic E-state index is 13.3. The van der Waals surface area contributed by atoms with Gasteiger partial charge in [-0.15, -0.1) is 0 Å². The number of carbonyl (C=O) groups excluding carboxylic acids is 2. The number of rotatable bonds is 5. The molecule has 164 valence electrons. The normalized spacial score (nSPS) is 16.9. The highest BCUT2D eigenvalue weighted by Crippen LogP contribution is 2.22. The molecule has 1 unspecified atom stereocenters. The third-order valence-electron chi connectivity index (χ3n) is 5.66. The molecule has 1 fully saturated rings. The van der Waals surface area contributed by atoms with E-state index >= 15 is 0 Å². The van der Waals surface area contributed by atoms with Crippen LogP contribution in [0.15, 0.2) is 35.1 Å². The van der Waals surface area contributed by atoms with Crippen LogP contribution in [0, 0.1) is 5.92 Å². The van der Waals surface area contributed by atoms with Gasteiger partial charge in [0, 0.05) is 19.2 Å². The molecule has 4 rings (SSSR count). The highest BCUT2D eigenvalue weighted by Gasteiger charge is 2.35. The molecule has 0 N–H and O–H groups in total. The average Bonchev–Trinajstić information content (AvgIpc) is 3.22. The molecule has 8 nitrogen and oxygen atoms in total. The number of fused-ring (bicyclic) bond motifs is 3. The van der Waals surface area contributed by atoms with Crippen molar-refractivity contribution in [2.24, 2.45) is 5.92 Å². The number of aromatic nitrogens is 3. The van der Waals surface area contributed by atoms with E-state index in [4.69, 9.17) is 4.74 Å². The van der Waals surface area contributed by atoms with Gasteiger partial charge in [-0.2, -0.15) is 5.10 Å². The summed E-state index contributed by atoms with van der Waals surface area (Å²) in [5, 5.41) is 4.50. The van der Waals surface area contributed by atoms with Gasteiger partial charge >= 0.3 is 5.97 Å².